The van der Waals surface area contributed by atoms with Crippen LogP contribution in [0.25, 0.3) is 0 Å². The van der Waals surface area contributed by atoms with E-state index in [4.69, 9.17) is 14.2 Å². The Hall–Kier alpha value is -2.19. The summed E-state index contributed by atoms with van der Waals surface area (Å²) < 4.78 is 16.6. The molecular weight excluding hydrogens is 374 g/mol. The first-order chi connectivity index (χ1) is 14.1. The SMILES string of the molecule is CCOc1ncccc1C(=O)N1CCC2(CC1)CC(CN1CCOCC1)OC2=O. The summed E-state index contributed by atoms with van der Waals surface area (Å²) in [5, 5.41) is 0. The Morgan fingerprint density at radius 1 is 1.28 bits per heavy atom. The van der Waals surface area contributed by atoms with Crippen molar-refractivity contribution in [2.75, 3.05) is 52.5 Å². The number of hydrogen-bond donors (Lipinski definition) is 0. The maximum absolute atomic E-state index is 13.0. The van der Waals surface area contributed by atoms with Gasteiger partial charge < -0.3 is 19.1 Å². The van der Waals surface area contributed by atoms with Crippen molar-refractivity contribution in [3.8, 4) is 5.88 Å². The molecule has 158 valence electrons. The van der Waals surface area contributed by atoms with E-state index >= 15 is 0 Å². The Morgan fingerprint density at radius 3 is 2.76 bits per heavy atom. The second kappa shape index (κ2) is 8.67. The number of aromatic nitrogens is 1. The molecule has 3 fully saturated rings. The maximum Gasteiger partial charge on any atom is 0.312 e. The zero-order chi connectivity index (χ0) is 20.3. The highest BCUT2D eigenvalue weighted by Crippen LogP contribution is 2.43. The largest absolute Gasteiger partial charge is 0.477 e. The molecule has 0 N–H and O–H groups in total. The van der Waals surface area contributed by atoms with E-state index in [0.717, 1.165) is 39.3 Å². The van der Waals surface area contributed by atoms with Crippen LogP contribution in [0.1, 0.15) is 36.5 Å². The third-order valence-electron chi connectivity index (χ3n) is 6.18. The molecule has 1 spiro atoms. The van der Waals surface area contributed by atoms with E-state index in [1.807, 2.05) is 6.92 Å². The summed E-state index contributed by atoms with van der Waals surface area (Å²) in [4.78, 5) is 33.9. The number of rotatable bonds is 5. The number of piperidine rings is 1. The normalized spacial score (nSPS) is 24.5. The Kier molecular flexibility index (Phi) is 6.01. The van der Waals surface area contributed by atoms with Gasteiger partial charge in [-0.15, -0.1) is 0 Å². The molecule has 0 aliphatic carbocycles. The molecule has 29 heavy (non-hydrogen) atoms. The van der Waals surface area contributed by atoms with Gasteiger partial charge in [-0.05, 0) is 31.9 Å². The van der Waals surface area contributed by atoms with Crippen LogP contribution >= 0.6 is 0 Å². The van der Waals surface area contributed by atoms with Gasteiger partial charge in [0.25, 0.3) is 5.91 Å². The number of esters is 1. The van der Waals surface area contributed by atoms with Crippen LogP contribution in [0.15, 0.2) is 18.3 Å². The molecule has 4 rings (SSSR count). The molecule has 8 nitrogen and oxygen atoms in total. The minimum Gasteiger partial charge on any atom is -0.477 e. The van der Waals surface area contributed by atoms with E-state index in [0.29, 0.717) is 44.0 Å². The molecule has 0 bridgehead atoms. The Bertz CT molecular complexity index is 742. The number of pyridine rings is 1. The average Bonchev–Trinajstić information content (AvgIpc) is 3.04. The first-order valence-corrected chi connectivity index (χ1v) is 10.5. The quantitative estimate of drug-likeness (QED) is 0.687. The monoisotopic (exact) mass is 403 g/mol. The van der Waals surface area contributed by atoms with Crippen LogP contribution in [0, 0.1) is 5.41 Å². The number of carbonyl (C=O) groups is 2. The number of nitrogens with zero attached hydrogens (tertiary/aromatic N) is 3. The molecule has 0 saturated carbocycles. The molecule has 0 radical (unpaired) electrons. The third-order valence-corrected chi connectivity index (χ3v) is 6.18. The predicted molar refractivity (Wildman–Crippen MR) is 105 cm³/mol. The van der Waals surface area contributed by atoms with E-state index in [1.54, 1.807) is 23.2 Å². The van der Waals surface area contributed by atoms with Gasteiger partial charge in [-0.1, -0.05) is 0 Å². The highest BCUT2D eigenvalue weighted by Gasteiger charge is 2.51. The van der Waals surface area contributed by atoms with Crippen molar-refractivity contribution in [2.24, 2.45) is 5.41 Å². The van der Waals surface area contributed by atoms with Gasteiger partial charge >= 0.3 is 5.97 Å². The van der Waals surface area contributed by atoms with Gasteiger partial charge in [0.15, 0.2) is 0 Å². The number of amides is 1. The van der Waals surface area contributed by atoms with Crippen LogP contribution in [0.2, 0.25) is 0 Å². The summed E-state index contributed by atoms with van der Waals surface area (Å²) in [5.41, 5.74) is 0.0234. The molecule has 3 aliphatic heterocycles. The van der Waals surface area contributed by atoms with E-state index in [-0.39, 0.29) is 18.0 Å². The van der Waals surface area contributed by atoms with Crippen molar-refractivity contribution < 1.29 is 23.8 Å². The molecule has 0 aromatic carbocycles. The summed E-state index contributed by atoms with van der Waals surface area (Å²) in [7, 11) is 0. The van der Waals surface area contributed by atoms with Crippen LogP contribution in [-0.4, -0.2) is 85.3 Å². The van der Waals surface area contributed by atoms with Gasteiger partial charge in [-0.3, -0.25) is 14.5 Å². The van der Waals surface area contributed by atoms with Gasteiger partial charge in [-0.2, -0.15) is 0 Å². The third kappa shape index (κ3) is 4.23. The number of hydrogen-bond acceptors (Lipinski definition) is 7. The van der Waals surface area contributed by atoms with E-state index in [2.05, 4.69) is 9.88 Å². The average molecular weight is 403 g/mol. The van der Waals surface area contributed by atoms with E-state index < -0.39 is 5.41 Å². The lowest BCUT2D eigenvalue weighted by Gasteiger charge is -2.36. The highest BCUT2D eigenvalue weighted by molar-refractivity contribution is 5.96. The lowest BCUT2D eigenvalue weighted by Crippen LogP contribution is -2.45. The molecule has 1 atom stereocenters. The molecule has 1 amide bonds. The van der Waals surface area contributed by atoms with Crippen molar-refractivity contribution >= 4 is 11.9 Å². The topological polar surface area (TPSA) is 81.2 Å². The second-order valence-electron chi connectivity index (χ2n) is 8.01. The lowest BCUT2D eigenvalue weighted by molar-refractivity contribution is -0.151. The summed E-state index contributed by atoms with van der Waals surface area (Å²) in [6.07, 6.45) is 3.58. The lowest BCUT2D eigenvalue weighted by atomic mass is 9.76. The molecule has 1 aromatic heterocycles. The molecule has 8 heteroatoms. The fourth-order valence-corrected chi connectivity index (χ4v) is 4.53. The summed E-state index contributed by atoms with van der Waals surface area (Å²) in [6, 6.07) is 3.48. The van der Waals surface area contributed by atoms with Crippen molar-refractivity contribution in [1.29, 1.82) is 0 Å². The highest BCUT2D eigenvalue weighted by atomic mass is 16.6. The Balaban J connectivity index is 1.36. The standard InChI is InChI=1S/C21H29N3O5/c1-2-28-18-17(4-3-7-22-18)19(25)24-8-5-21(6-9-24)14-16(29-20(21)26)15-23-10-12-27-13-11-23/h3-4,7,16H,2,5-6,8-15H2,1H3. The molecule has 4 heterocycles. The fourth-order valence-electron chi connectivity index (χ4n) is 4.53. The van der Waals surface area contributed by atoms with Crippen LogP contribution < -0.4 is 4.74 Å². The summed E-state index contributed by atoms with van der Waals surface area (Å²) in [5.74, 6) is 0.179. The van der Waals surface area contributed by atoms with Gasteiger partial charge in [0, 0.05) is 45.3 Å². The minimum atomic E-state index is -0.453. The number of morpholine rings is 1. The molecular formula is C21H29N3O5. The van der Waals surface area contributed by atoms with Crippen molar-refractivity contribution in [3.05, 3.63) is 23.9 Å². The van der Waals surface area contributed by atoms with Crippen LogP contribution in [0.3, 0.4) is 0 Å². The smallest absolute Gasteiger partial charge is 0.312 e. The van der Waals surface area contributed by atoms with Gasteiger partial charge in [0.05, 0.1) is 25.2 Å². The van der Waals surface area contributed by atoms with Crippen LogP contribution in [-0.2, 0) is 14.3 Å². The predicted octanol–water partition coefficient (Wildman–Crippen LogP) is 1.35. The number of likely N-dealkylation sites (tertiary alicyclic amines) is 1. The Labute approximate surface area is 171 Å². The molecule has 3 saturated heterocycles. The number of carbonyl (C=O) groups excluding carboxylic acids is 2. The first-order valence-electron chi connectivity index (χ1n) is 10.5. The maximum atomic E-state index is 13.0. The van der Waals surface area contributed by atoms with Crippen LogP contribution in [0.4, 0.5) is 0 Å². The van der Waals surface area contributed by atoms with E-state index in [9.17, 15) is 9.59 Å². The van der Waals surface area contributed by atoms with Crippen molar-refractivity contribution in [3.63, 3.8) is 0 Å². The molecule has 3 aliphatic rings. The second-order valence-corrected chi connectivity index (χ2v) is 8.01. The van der Waals surface area contributed by atoms with Gasteiger partial charge in [0.1, 0.15) is 11.7 Å². The molecule has 1 aromatic rings. The zero-order valence-corrected chi connectivity index (χ0v) is 17.0. The minimum absolute atomic E-state index is 0.0641. The summed E-state index contributed by atoms with van der Waals surface area (Å²) >= 11 is 0. The van der Waals surface area contributed by atoms with Crippen molar-refractivity contribution in [1.82, 2.24) is 14.8 Å². The number of ether oxygens (including phenoxy) is 3. The van der Waals surface area contributed by atoms with Crippen LogP contribution in [0.5, 0.6) is 5.88 Å². The first kappa shape index (κ1) is 20.1. The summed E-state index contributed by atoms with van der Waals surface area (Å²) in [6.45, 7) is 7.42. The van der Waals surface area contributed by atoms with E-state index in [1.165, 1.54) is 0 Å². The zero-order valence-electron chi connectivity index (χ0n) is 17.0. The Morgan fingerprint density at radius 2 is 2.03 bits per heavy atom. The van der Waals surface area contributed by atoms with Gasteiger partial charge in [-0.25, -0.2) is 4.98 Å². The van der Waals surface area contributed by atoms with Gasteiger partial charge in [0.2, 0.25) is 5.88 Å². The number of cyclic esters (lactones) is 1. The van der Waals surface area contributed by atoms with Crippen molar-refractivity contribution in [2.45, 2.75) is 32.3 Å². The molecule has 1 unspecified atom stereocenters. The fraction of sp³-hybridized carbons (Fsp3) is 0.667.